The number of hydrogen-bond acceptors (Lipinski definition) is 9. The molecule has 0 amide bonds. The van der Waals surface area contributed by atoms with Crippen LogP contribution in [0.25, 0.3) is 0 Å². The first-order chi connectivity index (χ1) is 13.9. The van der Waals surface area contributed by atoms with Crippen LogP contribution in [0.5, 0.6) is 0 Å². The van der Waals surface area contributed by atoms with Crippen LogP contribution in [0.2, 0.25) is 0 Å². The Morgan fingerprint density at radius 3 is 2.10 bits per heavy atom. The topological polar surface area (TPSA) is 131 Å². The van der Waals surface area contributed by atoms with Gasteiger partial charge in [-0.25, -0.2) is 9.18 Å². The minimum Gasteiger partial charge on any atom is -0.462 e. The standard InChI is InChI=1S/C19H29F2NO8/c1-6-13(28-10(4)24)16(29-11(5)25)15-12(8-9(3)23)14(22)17(20)19(21,30-15)18(26)27-7-2/h12-17H,6-8,22H2,1-5H3/t12-,13-,14+,15?,16-,17?,19-/m1/s1. The Morgan fingerprint density at radius 1 is 1.10 bits per heavy atom. The van der Waals surface area contributed by atoms with E-state index in [2.05, 4.69) is 4.74 Å². The number of carbonyl (C=O) groups excluding carboxylic acids is 4. The van der Waals surface area contributed by atoms with Gasteiger partial charge in [-0.1, -0.05) is 6.92 Å². The van der Waals surface area contributed by atoms with Gasteiger partial charge in [-0.2, -0.15) is 4.39 Å². The fraction of sp³-hybridized carbons (Fsp3) is 0.789. The van der Waals surface area contributed by atoms with Gasteiger partial charge in [0.25, 0.3) is 0 Å². The van der Waals surface area contributed by atoms with E-state index < -0.39 is 66.0 Å². The summed E-state index contributed by atoms with van der Waals surface area (Å²) < 4.78 is 50.4. The minimum absolute atomic E-state index is 0.108. The van der Waals surface area contributed by atoms with Crippen LogP contribution in [0.4, 0.5) is 8.78 Å². The first kappa shape index (κ1) is 25.9. The third kappa shape index (κ3) is 5.94. The Balaban J connectivity index is 3.50. The molecule has 1 heterocycles. The van der Waals surface area contributed by atoms with Crippen molar-refractivity contribution in [3.8, 4) is 0 Å². The lowest BCUT2D eigenvalue weighted by atomic mass is 9.78. The molecular formula is C19H29F2NO8. The van der Waals surface area contributed by atoms with Gasteiger partial charge < -0.3 is 29.5 Å². The molecular weight excluding hydrogens is 408 g/mol. The quantitative estimate of drug-likeness (QED) is 0.417. The van der Waals surface area contributed by atoms with E-state index in [4.69, 9.17) is 19.9 Å². The van der Waals surface area contributed by atoms with E-state index in [9.17, 15) is 23.6 Å². The number of ether oxygens (including phenoxy) is 4. The number of ketones is 1. The molecule has 0 bridgehead atoms. The molecule has 0 aromatic carbocycles. The summed E-state index contributed by atoms with van der Waals surface area (Å²) in [6, 6.07) is -1.67. The normalized spacial score (nSPS) is 30.7. The van der Waals surface area contributed by atoms with Crippen molar-refractivity contribution in [1.82, 2.24) is 0 Å². The van der Waals surface area contributed by atoms with Crippen molar-refractivity contribution >= 4 is 23.7 Å². The molecule has 1 saturated heterocycles. The van der Waals surface area contributed by atoms with E-state index in [1.165, 1.54) is 13.8 Å². The summed E-state index contributed by atoms with van der Waals surface area (Å²) in [7, 11) is 0. The Morgan fingerprint density at radius 2 is 1.67 bits per heavy atom. The summed E-state index contributed by atoms with van der Waals surface area (Å²) in [5.74, 6) is -8.37. The van der Waals surface area contributed by atoms with E-state index in [1.54, 1.807) is 6.92 Å². The van der Waals surface area contributed by atoms with Crippen molar-refractivity contribution in [3.63, 3.8) is 0 Å². The van der Waals surface area contributed by atoms with Gasteiger partial charge in [0.2, 0.25) is 0 Å². The zero-order valence-corrected chi connectivity index (χ0v) is 17.7. The lowest BCUT2D eigenvalue weighted by Crippen LogP contribution is -2.68. The molecule has 0 aliphatic carbocycles. The monoisotopic (exact) mass is 437 g/mol. The van der Waals surface area contributed by atoms with Gasteiger partial charge in [-0.15, -0.1) is 0 Å². The summed E-state index contributed by atoms with van der Waals surface area (Å²) in [6.45, 7) is 6.12. The van der Waals surface area contributed by atoms with Gasteiger partial charge in [-0.3, -0.25) is 9.59 Å². The van der Waals surface area contributed by atoms with Gasteiger partial charge in [0.15, 0.2) is 12.3 Å². The maximum atomic E-state index is 15.4. The minimum atomic E-state index is -3.60. The van der Waals surface area contributed by atoms with Crippen molar-refractivity contribution in [2.45, 2.75) is 83.8 Å². The largest absolute Gasteiger partial charge is 0.462 e. The number of hydrogen-bond donors (Lipinski definition) is 1. The molecule has 9 nitrogen and oxygen atoms in total. The summed E-state index contributed by atoms with van der Waals surface area (Å²) in [6.07, 6.45) is -7.04. The zero-order valence-electron chi connectivity index (χ0n) is 17.7. The average molecular weight is 437 g/mol. The fourth-order valence-electron chi connectivity index (χ4n) is 3.46. The number of alkyl halides is 2. The fourth-order valence-corrected chi connectivity index (χ4v) is 3.46. The second-order valence-corrected chi connectivity index (χ2v) is 7.13. The molecule has 2 unspecified atom stereocenters. The van der Waals surface area contributed by atoms with E-state index in [1.807, 2.05) is 0 Å². The van der Waals surface area contributed by atoms with Crippen LogP contribution in [0.15, 0.2) is 0 Å². The Bertz CT molecular complexity index is 660. The van der Waals surface area contributed by atoms with E-state index in [0.717, 1.165) is 13.8 Å². The highest BCUT2D eigenvalue weighted by atomic mass is 19.2. The SMILES string of the molecule is CCOC(=O)[C@]1(F)OC([C@H](OC(C)=O)[C@@H](CC)OC(C)=O)[C@H](CC(C)=O)[C@H](N)C1F. The molecule has 1 fully saturated rings. The molecule has 11 heteroatoms. The summed E-state index contributed by atoms with van der Waals surface area (Å²) >= 11 is 0. The molecule has 0 aromatic heterocycles. The summed E-state index contributed by atoms with van der Waals surface area (Å²) in [4.78, 5) is 47.1. The predicted molar refractivity (Wildman–Crippen MR) is 98.4 cm³/mol. The first-order valence-corrected chi connectivity index (χ1v) is 9.66. The number of carbonyl (C=O) groups is 4. The number of nitrogens with two attached hydrogens (primary N) is 1. The molecule has 0 saturated carbocycles. The Labute approximate surface area is 173 Å². The number of halogens is 2. The van der Waals surface area contributed by atoms with Gasteiger partial charge in [0.1, 0.15) is 18.0 Å². The van der Waals surface area contributed by atoms with Crippen LogP contribution in [0, 0.1) is 5.92 Å². The van der Waals surface area contributed by atoms with E-state index >= 15 is 4.39 Å². The lowest BCUT2D eigenvalue weighted by molar-refractivity contribution is -0.288. The maximum absolute atomic E-state index is 15.4. The van der Waals surface area contributed by atoms with Crippen molar-refractivity contribution in [3.05, 3.63) is 0 Å². The van der Waals surface area contributed by atoms with Crippen molar-refractivity contribution < 1.29 is 46.9 Å². The van der Waals surface area contributed by atoms with Gasteiger partial charge in [0.05, 0.1) is 6.61 Å². The van der Waals surface area contributed by atoms with Crippen LogP contribution < -0.4 is 5.73 Å². The third-order valence-corrected chi connectivity index (χ3v) is 4.71. The molecule has 2 N–H and O–H groups in total. The maximum Gasteiger partial charge on any atom is 0.375 e. The molecule has 7 atom stereocenters. The molecule has 0 spiro atoms. The highest BCUT2D eigenvalue weighted by Crippen LogP contribution is 2.41. The zero-order chi connectivity index (χ0) is 23.2. The van der Waals surface area contributed by atoms with Crippen LogP contribution in [-0.2, 0) is 38.1 Å². The highest BCUT2D eigenvalue weighted by Gasteiger charge is 2.63. The van der Waals surface area contributed by atoms with Crippen LogP contribution >= 0.6 is 0 Å². The Kier molecular flexibility index (Phi) is 9.29. The van der Waals surface area contributed by atoms with E-state index in [0.29, 0.717) is 0 Å². The van der Waals surface area contributed by atoms with Gasteiger partial charge in [-0.05, 0) is 20.3 Å². The third-order valence-electron chi connectivity index (χ3n) is 4.71. The number of Topliss-reactive ketones (excluding diaryl/α,β-unsaturated/α-hetero) is 1. The second-order valence-electron chi connectivity index (χ2n) is 7.13. The van der Waals surface area contributed by atoms with Crippen molar-refractivity contribution in [2.75, 3.05) is 6.61 Å². The molecule has 0 radical (unpaired) electrons. The molecule has 172 valence electrons. The van der Waals surface area contributed by atoms with Crippen molar-refractivity contribution in [2.24, 2.45) is 11.7 Å². The van der Waals surface area contributed by atoms with Crippen molar-refractivity contribution in [1.29, 1.82) is 0 Å². The molecule has 1 rings (SSSR count). The van der Waals surface area contributed by atoms with Gasteiger partial charge >= 0.3 is 23.8 Å². The highest BCUT2D eigenvalue weighted by molar-refractivity contribution is 5.79. The number of rotatable bonds is 9. The average Bonchev–Trinajstić information content (AvgIpc) is 2.64. The molecule has 0 aromatic rings. The van der Waals surface area contributed by atoms with E-state index in [-0.39, 0.29) is 19.4 Å². The molecule has 30 heavy (non-hydrogen) atoms. The molecule has 1 aliphatic rings. The van der Waals surface area contributed by atoms with Gasteiger partial charge in [0, 0.05) is 32.2 Å². The van der Waals surface area contributed by atoms with Crippen LogP contribution in [-0.4, -0.2) is 66.7 Å². The Hall–Kier alpha value is -2.14. The second kappa shape index (κ2) is 10.8. The lowest BCUT2D eigenvalue weighted by Gasteiger charge is -2.47. The molecule has 1 aliphatic heterocycles. The number of esters is 3. The first-order valence-electron chi connectivity index (χ1n) is 9.66. The summed E-state index contributed by atoms with van der Waals surface area (Å²) in [5.41, 5.74) is 5.88. The van der Waals surface area contributed by atoms with Crippen LogP contribution in [0.1, 0.15) is 47.5 Å². The van der Waals surface area contributed by atoms with Crippen LogP contribution in [0.3, 0.4) is 0 Å². The predicted octanol–water partition coefficient (Wildman–Crippen LogP) is 1.15. The summed E-state index contributed by atoms with van der Waals surface area (Å²) in [5, 5.41) is 0. The smallest absolute Gasteiger partial charge is 0.375 e.